The molecule has 0 aliphatic carbocycles. The van der Waals surface area contributed by atoms with Crippen molar-refractivity contribution in [2.24, 2.45) is 0 Å². The van der Waals surface area contributed by atoms with Crippen molar-refractivity contribution in [3.8, 4) is 5.75 Å². The van der Waals surface area contributed by atoms with Gasteiger partial charge in [0.2, 0.25) is 0 Å². The molecule has 2 N–H and O–H groups in total. The third-order valence-electron chi connectivity index (χ3n) is 6.32. The fraction of sp³-hybridized carbons (Fsp3) is 0.320. The standard InChI is InChI=1S/C25H24N4O6/c1-3-4-16(30)9-15-6-8-20-19(26-15)11-21(35-20)25(23(32)27-24(33)28-25)13-29-12-14-5-7-17(34-2)10-18(14)22(29)31/h5-8,10-11H,3-4,9,12-13H2,1-2H3,(H2,27,28,32,33)/t25-/m0/s1. The van der Waals surface area contributed by atoms with Crippen molar-refractivity contribution in [1.29, 1.82) is 0 Å². The number of methoxy groups -OCH3 is 1. The van der Waals surface area contributed by atoms with Gasteiger partial charge in [0.25, 0.3) is 11.8 Å². The molecule has 1 aromatic carbocycles. The van der Waals surface area contributed by atoms with Gasteiger partial charge in [-0.1, -0.05) is 13.0 Å². The van der Waals surface area contributed by atoms with Gasteiger partial charge in [0, 0.05) is 36.7 Å². The molecule has 0 unspecified atom stereocenters. The Morgan fingerprint density at radius 1 is 1.20 bits per heavy atom. The number of carbonyl (C=O) groups is 4. The number of pyridine rings is 1. The van der Waals surface area contributed by atoms with Crippen molar-refractivity contribution in [2.45, 2.75) is 38.3 Å². The highest BCUT2D eigenvalue weighted by molar-refractivity contribution is 6.08. The predicted molar refractivity (Wildman–Crippen MR) is 124 cm³/mol. The number of ketones is 1. The average molecular weight is 476 g/mol. The van der Waals surface area contributed by atoms with Gasteiger partial charge in [-0.15, -0.1) is 0 Å². The van der Waals surface area contributed by atoms with Crippen LogP contribution in [0.15, 0.2) is 40.8 Å². The number of urea groups is 1. The lowest BCUT2D eigenvalue weighted by Crippen LogP contribution is -2.52. The topological polar surface area (TPSA) is 131 Å². The number of fused-ring (bicyclic) bond motifs is 2. The Morgan fingerprint density at radius 3 is 2.74 bits per heavy atom. The molecule has 10 heteroatoms. The summed E-state index contributed by atoms with van der Waals surface area (Å²) in [5.41, 5.74) is 1.10. The van der Waals surface area contributed by atoms with Crippen LogP contribution in [0.1, 0.15) is 47.1 Å². The number of Topliss-reactive ketones (excluding diaryl/α,β-unsaturated/α-hetero) is 1. The first-order valence-corrected chi connectivity index (χ1v) is 11.3. The zero-order valence-electron chi connectivity index (χ0n) is 19.3. The number of benzene rings is 1. The van der Waals surface area contributed by atoms with E-state index in [9.17, 15) is 19.2 Å². The van der Waals surface area contributed by atoms with Crippen molar-refractivity contribution in [1.82, 2.24) is 20.5 Å². The molecular weight excluding hydrogens is 452 g/mol. The predicted octanol–water partition coefficient (Wildman–Crippen LogP) is 2.44. The summed E-state index contributed by atoms with van der Waals surface area (Å²) >= 11 is 0. The number of amides is 4. The summed E-state index contributed by atoms with van der Waals surface area (Å²) in [6.07, 6.45) is 1.45. The van der Waals surface area contributed by atoms with E-state index >= 15 is 0 Å². The van der Waals surface area contributed by atoms with Crippen LogP contribution in [-0.4, -0.2) is 47.2 Å². The van der Waals surface area contributed by atoms with Crippen molar-refractivity contribution in [3.63, 3.8) is 0 Å². The molecule has 2 aromatic heterocycles. The lowest BCUT2D eigenvalue weighted by molar-refractivity contribution is -0.125. The van der Waals surface area contributed by atoms with E-state index in [4.69, 9.17) is 9.15 Å². The lowest BCUT2D eigenvalue weighted by atomic mass is 9.95. The molecular formula is C25H24N4O6. The lowest BCUT2D eigenvalue weighted by Gasteiger charge is -2.28. The molecule has 5 rings (SSSR count). The highest BCUT2D eigenvalue weighted by Crippen LogP contribution is 2.34. The molecule has 0 spiro atoms. The minimum atomic E-state index is -1.63. The normalized spacial score (nSPS) is 19.1. The number of hydrogen-bond donors (Lipinski definition) is 2. The summed E-state index contributed by atoms with van der Waals surface area (Å²) in [6, 6.07) is 9.51. The fourth-order valence-corrected chi connectivity index (χ4v) is 4.58. The maximum absolute atomic E-state index is 13.1. The van der Waals surface area contributed by atoms with Crippen molar-refractivity contribution < 1.29 is 28.3 Å². The number of nitrogens with one attached hydrogen (secondary N) is 2. The number of furan rings is 1. The van der Waals surface area contributed by atoms with E-state index in [2.05, 4.69) is 15.6 Å². The van der Waals surface area contributed by atoms with Gasteiger partial charge in [-0.05, 0) is 36.2 Å². The molecule has 180 valence electrons. The summed E-state index contributed by atoms with van der Waals surface area (Å²) in [5.74, 6) is -0.107. The van der Waals surface area contributed by atoms with Crippen LogP contribution in [-0.2, 0) is 28.1 Å². The van der Waals surface area contributed by atoms with E-state index < -0.39 is 17.5 Å². The second-order valence-electron chi connectivity index (χ2n) is 8.76. The molecule has 0 radical (unpaired) electrons. The van der Waals surface area contributed by atoms with Crippen LogP contribution in [0.25, 0.3) is 11.1 Å². The largest absolute Gasteiger partial charge is 0.497 e. The van der Waals surface area contributed by atoms with Gasteiger partial charge in [-0.25, -0.2) is 9.78 Å². The number of nitrogens with zero attached hydrogens (tertiary/aromatic N) is 2. The third kappa shape index (κ3) is 3.90. The van der Waals surface area contributed by atoms with E-state index in [1.807, 2.05) is 6.92 Å². The van der Waals surface area contributed by atoms with Crippen LogP contribution < -0.4 is 15.4 Å². The summed E-state index contributed by atoms with van der Waals surface area (Å²) in [6.45, 7) is 2.07. The van der Waals surface area contributed by atoms with Crippen LogP contribution in [0.4, 0.5) is 4.79 Å². The molecule has 3 aromatic rings. The van der Waals surface area contributed by atoms with E-state index in [0.717, 1.165) is 12.0 Å². The number of carbonyl (C=O) groups excluding carboxylic acids is 4. The Balaban J connectivity index is 1.48. The van der Waals surface area contributed by atoms with E-state index in [1.165, 1.54) is 12.0 Å². The van der Waals surface area contributed by atoms with Gasteiger partial charge < -0.3 is 19.4 Å². The molecule has 0 saturated carbocycles. The van der Waals surface area contributed by atoms with Crippen LogP contribution >= 0.6 is 0 Å². The van der Waals surface area contributed by atoms with Crippen LogP contribution in [0.2, 0.25) is 0 Å². The molecule has 4 heterocycles. The van der Waals surface area contributed by atoms with Crippen molar-refractivity contribution in [2.75, 3.05) is 13.7 Å². The number of imide groups is 1. The first-order chi connectivity index (χ1) is 16.8. The van der Waals surface area contributed by atoms with Gasteiger partial charge in [0.1, 0.15) is 22.8 Å². The second-order valence-corrected chi connectivity index (χ2v) is 8.76. The second kappa shape index (κ2) is 8.53. The molecule has 1 fully saturated rings. The van der Waals surface area contributed by atoms with Crippen LogP contribution in [0.5, 0.6) is 5.75 Å². The van der Waals surface area contributed by atoms with Crippen LogP contribution in [0, 0.1) is 0 Å². The molecule has 10 nitrogen and oxygen atoms in total. The van der Waals surface area contributed by atoms with Gasteiger partial charge in [0.05, 0.1) is 13.7 Å². The average Bonchev–Trinajstić information content (AvgIpc) is 3.47. The summed E-state index contributed by atoms with van der Waals surface area (Å²) in [7, 11) is 1.52. The number of ether oxygens (including phenoxy) is 1. The number of aromatic nitrogens is 1. The molecule has 2 aliphatic rings. The fourth-order valence-electron chi connectivity index (χ4n) is 4.58. The minimum absolute atomic E-state index is 0.0886. The highest BCUT2D eigenvalue weighted by atomic mass is 16.5. The zero-order valence-corrected chi connectivity index (χ0v) is 19.3. The summed E-state index contributed by atoms with van der Waals surface area (Å²) in [5, 5.41) is 4.92. The Hall–Kier alpha value is -4.21. The Kier molecular flexibility index (Phi) is 5.50. The molecule has 0 bridgehead atoms. The van der Waals surface area contributed by atoms with Gasteiger partial charge in [0.15, 0.2) is 11.1 Å². The first kappa shape index (κ1) is 22.6. The molecule has 35 heavy (non-hydrogen) atoms. The number of hydrogen-bond acceptors (Lipinski definition) is 7. The molecule has 2 aliphatic heterocycles. The van der Waals surface area contributed by atoms with Crippen molar-refractivity contribution >= 4 is 34.7 Å². The van der Waals surface area contributed by atoms with E-state index in [0.29, 0.717) is 34.5 Å². The molecule has 1 atom stereocenters. The quantitative estimate of drug-likeness (QED) is 0.478. The Morgan fingerprint density at radius 2 is 2.03 bits per heavy atom. The minimum Gasteiger partial charge on any atom is -0.497 e. The third-order valence-corrected chi connectivity index (χ3v) is 6.32. The maximum Gasteiger partial charge on any atom is 0.322 e. The highest BCUT2D eigenvalue weighted by Gasteiger charge is 2.53. The smallest absolute Gasteiger partial charge is 0.322 e. The number of rotatable bonds is 8. The van der Waals surface area contributed by atoms with Gasteiger partial charge in [-0.3, -0.25) is 19.7 Å². The SMILES string of the molecule is CCCC(=O)Cc1ccc2oc([C@]3(CN4Cc5ccc(OC)cc5C4=O)NC(=O)NC3=O)cc2n1. The van der Waals surface area contributed by atoms with Crippen LogP contribution in [0.3, 0.4) is 0 Å². The summed E-state index contributed by atoms with van der Waals surface area (Å²) < 4.78 is 11.2. The molecule has 4 amide bonds. The monoisotopic (exact) mass is 476 g/mol. The summed E-state index contributed by atoms with van der Waals surface area (Å²) in [4.78, 5) is 56.4. The van der Waals surface area contributed by atoms with E-state index in [1.54, 1.807) is 36.4 Å². The van der Waals surface area contributed by atoms with E-state index in [-0.39, 0.29) is 37.0 Å². The van der Waals surface area contributed by atoms with Crippen molar-refractivity contribution in [3.05, 3.63) is 59.0 Å². The zero-order chi connectivity index (χ0) is 24.7. The Bertz CT molecular complexity index is 1380. The van der Waals surface area contributed by atoms with Gasteiger partial charge >= 0.3 is 6.03 Å². The maximum atomic E-state index is 13.1. The Labute approximate surface area is 200 Å². The molecule has 1 saturated heterocycles. The van der Waals surface area contributed by atoms with Gasteiger partial charge in [-0.2, -0.15) is 0 Å². The first-order valence-electron chi connectivity index (χ1n) is 11.3.